The molecule has 0 aliphatic carbocycles. The molecule has 0 aliphatic rings. The van der Waals surface area contributed by atoms with E-state index in [0.29, 0.717) is 13.0 Å². The van der Waals surface area contributed by atoms with Crippen LogP contribution in [0, 0.1) is 11.3 Å². The van der Waals surface area contributed by atoms with Crippen molar-refractivity contribution in [2.75, 3.05) is 6.61 Å². The van der Waals surface area contributed by atoms with E-state index in [9.17, 15) is 9.59 Å². The van der Waals surface area contributed by atoms with Crippen molar-refractivity contribution in [3.05, 3.63) is 25.3 Å². The lowest BCUT2D eigenvalue weighted by Gasteiger charge is -2.47. The van der Waals surface area contributed by atoms with Crippen LogP contribution in [0.3, 0.4) is 0 Å². The normalized spacial score (nSPS) is 18.3. The molecule has 4 atom stereocenters. The summed E-state index contributed by atoms with van der Waals surface area (Å²) in [6, 6.07) is 0. The Kier molecular flexibility index (Phi) is 10.9. The number of rotatable bonds is 15. The van der Waals surface area contributed by atoms with Crippen LogP contribution in [0.1, 0.15) is 88.5 Å². The molecule has 0 fully saturated rings. The molecule has 0 saturated carbocycles. The molecule has 31 heavy (non-hydrogen) atoms. The van der Waals surface area contributed by atoms with Crippen LogP contribution in [-0.4, -0.2) is 41.3 Å². The first-order chi connectivity index (χ1) is 14.0. The Morgan fingerprint density at radius 2 is 1.48 bits per heavy atom. The van der Waals surface area contributed by atoms with Gasteiger partial charge in [-0.2, -0.15) is 0 Å². The van der Waals surface area contributed by atoms with Gasteiger partial charge in [0.1, 0.15) is 11.2 Å². The Hall–Kier alpha value is -1.46. The molecule has 0 aromatic carbocycles. The van der Waals surface area contributed by atoms with Gasteiger partial charge in [-0.25, -0.2) is 4.79 Å². The Balaban J connectivity index is 5.32. The van der Waals surface area contributed by atoms with Crippen molar-refractivity contribution in [1.82, 2.24) is 0 Å². The molecule has 0 spiro atoms. The van der Waals surface area contributed by atoms with Gasteiger partial charge in [-0.3, -0.25) is 4.79 Å². The molecule has 0 aromatic heterocycles. The topological polar surface area (TPSA) is 61.8 Å². The highest BCUT2D eigenvalue weighted by atomic mass is 16.6. The van der Waals surface area contributed by atoms with E-state index in [1.165, 1.54) is 12.2 Å². The largest absolute Gasteiger partial charge is 0.456 e. The molecular weight excluding hydrogens is 392 g/mol. The van der Waals surface area contributed by atoms with Gasteiger partial charge in [0.25, 0.3) is 0 Å². The lowest BCUT2D eigenvalue weighted by Crippen LogP contribution is -2.49. The number of esters is 1. The summed E-state index contributed by atoms with van der Waals surface area (Å²) < 4.78 is 18.1. The Bertz CT molecular complexity index is 636. The molecule has 5 heteroatoms. The summed E-state index contributed by atoms with van der Waals surface area (Å²) in [5.41, 5.74) is -2.19. The van der Waals surface area contributed by atoms with Crippen LogP contribution >= 0.6 is 0 Å². The summed E-state index contributed by atoms with van der Waals surface area (Å²) in [7, 11) is 0. The van der Waals surface area contributed by atoms with Gasteiger partial charge < -0.3 is 14.2 Å². The van der Waals surface area contributed by atoms with Crippen LogP contribution in [0.4, 0.5) is 0 Å². The first-order valence-electron chi connectivity index (χ1n) is 11.4. The molecule has 0 heterocycles. The van der Waals surface area contributed by atoms with E-state index in [4.69, 9.17) is 14.2 Å². The van der Waals surface area contributed by atoms with Crippen LogP contribution in [0.15, 0.2) is 25.3 Å². The monoisotopic (exact) mass is 438 g/mol. The van der Waals surface area contributed by atoms with E-state index in [1.54, 1.807) is 0 Å². The van der Waals surface area contributed by atoms with Crippen molar-refractivity contribution in [3.8, 4) is 0 Å². The summed E-state index contributed by atoms with van der Waals surface area (Å²) >= 11 is 0. The van der Waals surface area contributed by atoms with Gasteiger partial charge in [-0.05, 0) is 72.3 Å². The predicted molar refractivity (Wildman–Crippen MR) is 127 cm³/mol. The van der Waals surface area contributed by atoms with E-state index in [2.05, 4.69) is 40.9 Å². The van der Waals surface area contributed by atoms with E-state index < -0.39 is 22.8 Å². The molecule has 0 saturated heterocycles. The highest BCUT2D eigenvalue weighted by molar-refractivity contribution is 5.96. The third kappa shape index (κ3) is 7.87. The second-order valence-corrected chi connectivity index (χ2v) is 10.2. The van der Waals surface area contributed by atoms with Crippen LogP contribution in [0.2, 0.25) is 0 Å². The third-order valence-electron chi connectivity index (χ3n) is 7.23. The highest BCUT2D eigenvalue weighted by Gasteiger charge is 2.44. The summed E-state index contributed by atoms with van der Waals surface area (Å²) in [4.78, 5) is 23.9. The quantitative estimate of drug-likeness (QED) is 0.230. The maximum absolute atomic E-state index is 12.3. The number of ether oxygens (including phenoxy) is 3. The minimum absolute atomic E-state index is 0.0148. The first-order valence-corrected chi connectivity index (χ1v) is 11.4. The van der Waals surface area contributed by atoms with Gasteiger partial charge in [-0.15, -0.1) is 0 Å². The molecular formula is C26H46O5. The maximum atomic E-state index is 12.3. The zero-order valence-corrected chi connectivity index (χ0v) is 21.6. The molecule has 0 bridgehead atoms. The van der Waals surface area contributed by atoms with Crippen molar-refractivity contribution >= 4 is 11.8 Å². The second kappa shape index (κ2) is 11.4. The van der Waals surface area contributed by atoms with E-state index in [0.717, 1.165) is 12.8 Å². The molecule has 4 unspecified atom stereocenters. The number of hydrogen-bond acceptors (Lipinski definition) is 5. The Morgan fingerprint density at radius 3 is 1.90 bits per heavy atom. The smallest absolute Gasteiger partial charge is 0.330 e. The zero-order valence-electron chi connectivity index (χ0n) is 21.6. The Labute approximate surface area is 190 Å². The van der Waals surface area contributed by atoms with Crippen molar-refractivity contribution in [1.29, 1.82) is 0 Å². The van der Waals surface area contributed by atoms with E-state index in [1.807, 2.05) is 41.5 Å². The standard InChI is InChI=1S/C26H46O5/c1-13-21(27)26(12,16-4)30-20(6)17-25(11,15-3)24(9,10)29-18-19(5)23(7,8)31-22(28)14-2/h13-14,19-20H,1-2,15-18H2,3-12H3. The van der Waals surface area contributed by atoms with Gasteiger partial charge in [-0.1, -0.05) is 40.9 Å². The SMILES string of the molecule is C=CC(=O)OC(C)(C)C(C)COC(C)(C)C(C)(CC)CC(C)OC(C)(CC)C(=O)C=C. The summed E-state index contributed by atoms with van der Waals surface area (Å²) in [5, 5.41) is 0. The maximum Gasteiger partial charge on any atom is 0.330 e. The summed E-state index contributed by atoms with van der Waals surface area (Å²) in [6.45, 7) is 27.6. The third-order valence-corrected chi connectivity index (χ3v) is 7.23. The zero-order chi connectivity index (χ0) is 24.7. The van der Waals surface area contributed by atoms with Gasteiger partial charge >= 0.3 is 5.97 Å². The molecule has 0 aliphatic heterocycles. The van der Waals surface area contributed by atoms with Crippen molar-refractivity contribution < 1.29 is 23.8 Å². The second-order valence-electron chi connectivity index (χ2n) is 10.2. The minimum Gasteiger partial charge on any atom is -0.456 e. The fraction of sp³-hybridized carbons (Fsp3) is 0.769. The molecule has 0 rings (SSSR count). The van der Waals surface area contributed by atoms with Gasteiger partial charge in [0, 0.05) is 12.0 Å². The van der Waals surface area contributed by atoms with Crippen LogP contribution in [0.5, 0.6) is 0 Å². The van der Waals surface area contributed by atoms with Crippen molar-refractivity contribution in [3.63, 3.8) is 0 Å². The van der Waals surface area contributed by atoms with Crippen LogP contribution in [0.25, 0.3) is 0 Å². The van der Waals surface area contributed by atoms with Gasteiger partial charge in [0.05, 0.1) is 18.3 Å². The van der Waals surface area contributed by atoms with Crippen molar-refractivity contribution in [2.45, 2.75) is 111 Å². The number of ketones is 1. The minimum atomic E-state index is -0.867. The molecule has 0 amide bonds. The molecule has 5 nitrogen and oxygen atoms in total. The average molecular weight is 439 g/mol. The Morgan fingerprint density at radius 1 is 0.935 bits per heavy atom. The lowest BCUT2D eigenvalue weighted by atomic mass is 9.69. The van der Waals surface area contributed by atoms with E-state index >= 15 is 0 Å². The average Bonchev–Trinajstić information content (AvgIpc) is 2.70. The number of carbonyl (C=O) groups excluding carboxylic acids is 2. The van der Waals surface area contributed by atoms with Crippen LogP contribution in [-0.2, 0) is 23.8 Å². The lowest BCUT2D eigenvalue weighted by molar-refractivity contribution is -0.173. The first kappa shape index (κ1) is 29.5. The molecule has 180 valence electrons. The molecule has 0 aromatic rings. The van der Waals surface area contributed by atoms with Crippen molar-refractivity contribution in [2.24, 2.45) is 11.3 Å². The van der Waals surface area contributed by atoms with E-state index in [-0.39, 0.29) is 23.2 Å². The van der Waals surface area contributed by atoms with Gasteiger partial charge in [0.2, 0.25) is 0 Å². The highest BCUT2D eigenvalue weighted by Crippen LogP contribution is 2.43. The fourth-order valence-electron chi connectivity index (χ4n) is 3.58. The fourth-order valence-corrected chi connectivity index (χ4v) is 3.58. The van der Waals surface area contributed by atoms with Crippen LogP contribution < -0.4 is 0 Å². The predicted octanol–water partition coefficient (Wildman–Crippen LogP) is 6.06. The summed E-state index contributed by atoms with van der Waals surface area (Å²) in [6.07, 6.45) is 4.58. The number of carbonyl (C=O) groups is 2. The summed E-state index contributed by atoms with van der Waals surface area (Å²) in [5.74, 6) is -0.548. The molecule has 0 N–H and O–H groups in total. The number of hydrogen-bond donors (Lipinski definition) is 0. The van der Waals surface area contributed by atoms with Gasteiger partial charge in [0.15, 0.2) is 5.78 Å². The molecule has 0 radical (unpaired) electrons.